The Morgan fingerprint density at radius 1 is 1.31 bits per heavy atom. The minimum Gasteiger partial charge on any atom is -0.379 e. The van der Waals surface area contributed by atoms with Gasteiger partial charge in [0, 0.05) is 22.4 Å². The molecular weight excluding hydrogens is 450 g/mol. The van der Waals surface area contributed by atoms with Gasteiger partial charge in [-0.15, -0.1) is 22.7 Å². The van der Waals surface area contributed by atoms with Crippen molar-refractivity contribution in [2.24, 2.45) is 5.73 Å². The summed E-state index contributed by atoms with van der Waals surface area (Å²) in [5.74, 6) is 0. The maximum absolute atomic E-state index is 6.15. The second-order valence-corrected chi connectivity index (χ2v) is 8.51. The molecule has 26 heavy (non-hydrogen) atoms. The fraction of sp³-hybridized carbons (Fsp3) is 0.421. The van der Waals surface area contributed by atoms with Crippen molar-refractivity contribution in [3.8, 4) is 0 Å². The number of nitrogens with one attached hydrogen (secondary N) is 1. The molecule has 0 saturated heterocycles. The van der Waals surface area contributed by atoms with Crippen molar-refractivity contribution in [1.82, 2.24) is 4.98 Å². The molecule has 0 fully saturated rings. The highest BCUT2D eigenvalue weighted by molar-refractivity contribution is 9.10. The molecule has 3 aromatic rings. The number of halogens is 2. The number of thiophene rings is 2. The van der Waals surface area contributed by atoms with E-state index in [-0.39, 0.29) is 0 Å². The highest BCUT2D eigenvalue weighted by atomic mass is 79.9. The Morgan fingerprint density at radius 3 is 2.58 bits per heavy atom. The van der Waals surface area contributed by atoms with Crippen LogP contribution in [0.4, 0.5) is 5.69 Å². The average Bonchev–Trinajstić information content (AvgIpc) is 3.25. The summed E-state index contributed by atoms with van der Waals surface area (Å²) in [6, 6.07) is 6.05. The Morgan fingerprint density at radius 2 is 2.00 bits per heavy atom. The molecule has 3 nitrogen and oxygen atoms in total. The van der Waals surface area contributed by atoms with Crippen molar-refractivity contribution in [2.75, 3.05) is 11.9 Å². The topological polar surface area (TPSA) is 50.9 Å². The van der Waals surface area contributed by atoms with E-state index >= 15 is 0 Å². The zero-order chi connectivity index (χ0) is 19.5. The van der Waals surface area contributed by atoms with E-state index < -0.39 is 0 Å². The first-order valence-corrected chi connectivity index (χ1v) is 11.7. The maximum Gasteiger partial charge on any atom is 0.131 e. The molecule has 0 radical (unpaired) electrons. The van der Waals surface area contributed by atoms with Crippen LogP contribution in [0.3, 0.4) is 0 Å². The largest absolute Gasteiger partial charge is 0.379 e. The number of aromatic nitrogens is 1. The molecule has 0 amide bonds. The molecule has 0 bridgehead atoms. The summed E-state index contributed by atoms with van der Waals surface area (Å²) in [6.07, 6.45) is 2.09. The first-order valence-electron chi connectivity index (χ1n) is 8.84. The van der Waals surface area contributed by atoms with Crippen LogP contribution in [0.2, 0.25) is 5.15 Å². The summed E-state index contributed by atoms with van der Waals surface area (Å²) in [4.78, 5) is 6.93. The van der Waals surface area contributed by atoms with Crippen LogP contribution in [-0.4, -0.2) is 11.5 Å². The van der Waals surface area contributed by atoms with E-state index in [0.717, 1.165) is 33.3 Å². The monoisotopic (exact) mass is 475 g/mol. The van der Waals surface area contributed by atoms with Gasteiger partial charge in [0.1, 0.15) is 5.15 Å². The second kappa shape index (κ2) is 12.7. The Kier molecular flexibility index (Phi) is 11.4. The molecule has 0 aliphatic carbocycles. The van der Waals surface area contributed by atoms with Gasteiger partial charge >= 0.3 is 0 Å². The zero-order valence-electron chi connectivity index (χ0n) is 15.7. The summed E-state index contributed by atoms with van der Waals surface area (Å²) < 4.78 is 2.13. The van der Waals surface area contributed by atoms with Crippen molar-refractivity contribution in [1.29, 1.82) is 0 Å². The number of nitrogens with two attached hydrogens (primary N) is 1. The number of hydrogen-bond donors (Lipinski definition) is 2. The van der Waals surface area contributed by atoms with Crippen LogP contribution in [0.15, 0.2) is 28.1 Å². The Bertz CT molecular complexity index is 773. The van der Waals surface area contributed by atoms with Gasteiger partial charge in [-0.1, -0.05) is 51.8 Å². The molecule has 0 spiro atoms. The Labute approximate surface area is 178 Å². The van der Waals surface area contributed by atoms with E-state index in [2.05, 4.69) is 57.6 Å². The highest BCUT2D eigenvalue weighted by Crippen LogP contribution is 2.40. The molecule has 3 rings (SSSR count). The lowest BCUT2D eigenvalue weighted by Gasteiger charge is -2.06. The third-order valence-corrected chi connectivity index (χ3v) is 6.48. The number of nitrogens with zero attached hydrogens (tertiary/aromatic N) is 1. The first-order chi connectivity index (χ1) is 12.6. The number of pyridine rings is 1. The van der Waals surface area contributed by atoms with Gasteiger partial charge in [0.15, 0.2) is 0 Å². The third kappa shape index (κ3) is 6.50. The SMILES string of the molecule is CC.CCC.NCCc1sc2c(NCc3cccs3)cc(Cl)nc2c1Br. The fourth-order valence-electron chi connectivity index (χ4n) is 2.07. The molecule has 0 aliphatic heterocycles. The molecule has 3 N–H and O–H groups in total. The van der Waals surface area contributed by atoms with Crippen LogP contribution in [0.25, 0.3) is 10.2 Å². The molecule has 0 atom stereocenters. The number of hydrogen-bond acceptors (Lipinski definition) is 5. The van der Waals surface area contributed by atoms with Crippen LogP contribution in [0.5, 0.6) is 0 Å². The number of rotatable bonds is 5. The van der Waals surface area contributed by atoms with Crippen LogP contribution in [0, 0.1) is 0 Å². The fourth-order valence-corrected chi connectivity index (χ4v) is 4.91. The molecule has 3 heterocycles. The van der Waals surface area contributed by atoms with Crippen molar-refractivity contribution in [3.05, 3.63) is 43.0 Å². The molecule has 144 valence electrons. The van der Waals surface area contributed by atoms with Crippen molar-refractivity contribution in [2.45, 2.75) is 47.1 Å². The van der Waals surface area contributed by atoms with Crippen LogP contribution < -0.4 is 11.1 Å². The molecule has 0 aliphatic rings. The van der Waals surface area contributed by atoms with Gasteiger partial charge in [-0.05, 0) is 40.3 Å². The molecule has 3 aromatic heterocycles. The summed E-state index contributed by atoms with van der Waals surface area (Å²) >= 11 is 13.2. The van der Waals surface area contributed by atoms with Crippen molar-refractivity contribution >= 4 is 66.1 Å². The standard InChI is InChI=1S/C14H13BrClN3S2.C3H8.C2H6/c15-12-10(3-4-17)21-14-9(6-11(16)19-13(12)14)18-7-8-2-1-5-20-8;1-3-2;1-2/h1-2,5-6H,3-4,7,17H2,(H,18,19);3H2,1-2H3;1-2H3. The van der Waals surface area contributed by atoms with E-state index in [9.17, 15) is 0 Å². The third-order valence-electron chi connectivity index (χ3n) is 3.02. The van der Waals surface area contributed by atoms with Gasteiger partial charge in [-0.2, -0.15) is 0 Å². The van der Waals surface area contributed by atoms with Crippen molar-refractivity contribution < 1.29 is 0 Å². The van der Waals surface area contributed by atoms with E-state index in [1.807, 2.05) is 19.9 Å². The second-order valence-electron chi connectivity index (χ2n) is 5.19. The van der Waals surface area contributed by atoms with Gasteiger partial charge in [-0.3, -0.25) is 0 Å². The summed E-state index contributed by atoms with van der Waals surface area (Å²) in [7, 11) is 0. The Balaban J connectivity index is 0.000000615. The average molecular weight is 477 g/mol. The molecule has 0 unspecified atom stereocenters. The molecule has 0 saturated carbocycles. The smallest absolute Gasteiger partial charge is 0.131 e. The summed E-state index contributed by atoms with van der Waals surface area (Å²) in [5.41, 5.74) is 7.59. The maximum atomic E-state index is 6.15. The predicted molar refractivity (Wildman–Crippen MR) is 124 cm³/mol. The number of fused-ring (bicyclic) bond motifs is 1. The van der Waals surface area contributed by atoms with Gasteiger partial charge in [0.05, 0.1) is 20.4 Å². The van der Waals surface area contributed by atoms with Gasteiger partial charge < -0.3 is 11.1 Å². The van der Waals surface area contributed by atoms with E-state index in [1.54, 1.807) is 22.7 Å². The molecular formula is C19H27BrClN3S2. The lowest BCUT2D eigenvalue weighted by Crippen LogP contribution is -2.01. The van der Waals surface area contributed by atoms with Gasteiger partial charge in [-0.25, -0.2) is 4.98 Å². The first kappa shape index (κ1) is 23.4. The van der Waals surface area contributed by atoms with Crippen molar-refractivity contribution in [3.63, 3.8) is 0 Å². The predicted octanol–water partition coefficient (Wildman–Crippen LogP) is 7.33. The summed E-state index contributed by atoms with van der Waals surface area (Å²) in [5, 5.41) is 6.03. The molecule has 7 heteroatoms. The lowest BCUT2D eigenvalue weighted by atomic mass is 10.3. The van der Waals surface area contributed by atoms with Crippen LogP contribution in [-0.2, 0) is 13.0 Å². The highest BCUT2D eigenvalue weighted by Gasteiger charge is 2.15. The summed E-state index contributed by atoms with van der Waals surface area (Å²) in [6.45, 7) is 9.66. The van der Waals surface area contributed by atoms with Crippen LogP contribution in [0.1, 0.15) is 43.9 Å². The van der Waals surface area contributed by atoms with E-state index in [4.69, 9.17) is 17.3 Å². The molecule has 0 aromatic carbocycles. The Hall–Kier alpha value is -0.660. The van der Waals surface area contributed by atoms with E-state index in [0.29, 0.717) is 11.7 Å². The quantitative estimate of drug-likeness (QED) is 0.379. The minimum absolute atomic E-state index is 0.494. The minimum atomic E-state index is 0.494. The zero-order valence-corrected chi connectivity index (χ0v) is 19.7. The normalized spacial score (nSPS) is 9.96. The van der Waals surface area contributed by atoms with Gasteiger partial charge in [0.25, 0.3) is 0 Å². The number of anilines is 1. The van der Waals surface area contributed by atoms with Crippen LogP contribution >= 0.6 is 50.2 Å². The van der Waals surface area contributed by atoms with E-state index in [1.165, 1.54) is 16.2 Å². The van der Waals surface area contributed by atoms with Gasteiger partial charge in [0.2, 0.25) is 0 Å². The lowest BCUT2D eigenvalue weighted by molar-refractivity contribution is 0.985.